The van der Waals surface area contributed by atoms with Crippen LogP contribution in [-0.2, 0) is 0 Å². The molecule has 0 amide bonds. The molecule has 14 heavy (non-hydrogen) atoms. The first kappa shape index (κ1) is 12.0. The van der Waals surface area contributed by atoms with Gasteiger partial charge in [-0.15, -0.1) is 0 Å². The lowest BCUT2D eigenvalue weighted by atomic mass is 9.78. The zero-order valence-electron chi connectivity index (χ0n) is 10.5. The Bertz CT molecular complexity index is 171. The minimum Gasteiger partial charge on any atom is -0.307 e. The molecule has 1 fully saturated rings. The smallest absolute Gasteiger partial charge is 0.00510 e. The molecule has 1 heterocycles. The maximum Gasteiger partial charge on any atom is 0.00510 e. The zero-order valence-corrected chi connectivity index (χ0v) is 10.5. The van der Waals surface area contributed by atoms with Gasteiger partial charge in [0, 0.05) is 19.1 Å². The summed E-state index contributed by atoms with van der Waals surface area (Å²) < 4.78 is 0. The molecule has 0 aromatic carbocycles. The second-order valence-electron chi connectivity index (χ2n) is 5.46. The topological polar surface area (TPSA) is 6.48 Å². The van der Waals surface area contributed by atoms with E-state index in [0.717, 1.165) is 6.04 Å². The lowest BCUT2D eigenvalue weighted by molar-refractivity contribution is -0.0183. The molecule has 84 valence electrons. The van der Waals surface area contributed by atoms with Crippen molar-refractivity contribution in [3.63, 3.8) is 0 Å². The summed E-state index contributed by atoms with van der Waals surface area (Å²) in [6, 6.07) is 0.729. The van der Waals surface area contributed by atoms with Gasteiger partial charge >= 0.3 is 0 Å². The Morgan fingerprint density at radius 1 is 1.36 bits per heavy atom. The average molecular weight is 198 g/mol. The third-order valence-corrected chi connectivity index (χ3v) is 3.54. The van der Waals surface area contributed by atoms with Crippen LogP contribution in [0.3, 0.4) is 0 Å². The summed E-state index contributed by atoms with van der Waals surface area (Å²) in [4.78, 5) is 4.97. The molecule has 0 bridgehead atoms. The third-order valence-electron chi connectivity index (χ3n) is 3.54. The van der Waals surface area contributed by atoms with E-state index < -0.39 is 0 Å². The highest BCUT2D eigenvalue weighted by Gasteiger charge is 2.39. The normalized spacial score (nSPS) is 21.6. The van der Waals surface area contributed by atoms with Crippen LogP contribution in [0.5, 0.6) is 0 Å². The van der Waals surface area contributed by atoms with E-state index in [1.807, 2.05) is 0 Å². The van der Waals surface area contributed by atoms with Crippen LogP contribution in [0.4, 0.5) is 0 Å². The first-order valence-corrected chi connectivity index (χ1v) is 5.89. The summed E-state index contributed by atoms with van der Waals surface area (Å²) in [6.45, 7) is 14.2. The predicted octanol–water partition coefficient (Wildman–Crippen LogP) is 2.06. The third kappa shape index (κ3) is 2.96. The lowest BCUT2D eigenvalue weighted by Gasteiger charge is -2.51. The van der Waals surface area contributed by atoms with Crippen LogP contribution in [0.1, 0.15) is 34.1 Å². The molecule has 2 nitrogen and oxygen atoms in total. The van der Waals surface area contributed by atoms with Gasteiger partial charge in [-0.05, 0) is 45.8 Å². The van der Waals surface area contributed by atoms with Gasteiger partial charge < -0.3 is 4.90 Å². The van der Waals surface area contributed by atoms with Crippen molar-refractivity contribution < 1.29 is 0 Å². The van der Waals surface area contributed by atoms with Crippen molar-refractivity contribution in [1.82, 2.24) is 9.80 Å². The van der Waals surface area contributed by atoms with Crippen molar-refractivity contribution in [2.45, 2.75) is 40.2 Å². The Morgan fingerprint density at radius 2 is 1.93 bits per heavy atom. The van der Waals surface area contributed by atoms with Crippen molar-refractivity contribution in [1.29, 1.82) is 0 Å². The Morgan fingerprint density at radius 3 is 2.36 bits per heavy atom. The Labute approximate surface area is 89.3 Å². The molecular weight excluding hydrogens is 172 g/mol. The average Bonchev–Trinajstić information content (AvgIpc) is 2.09. The van der Waals surface area contributed by atoms with E-state index in [4.69, 9.17) is 0 Å². The van der Waals surface area contributed by atoms with E-state index in [9.17, 15) is 0 Å². The first-order valence-electron chi connectivity index (χ1n) is 5.89. The SMILES string of the molecule is CCN(C)CCC1(C)CN(C(C)C)C1. The fourth-order valence-corrected chi connectivity index (χ4v) is 2.08. The summed E-state index contributed by atoms with van der Waals surface area (Å²) >= 11 is 0. The van der Waals surface area contributed by atoms with E-state index >= 15 is 0 Å². The van der Waals surface area contributed by atoms with E-state index in [1.165, 1.54) is 32.6 Å². The molecule has 1 aliphatic heterocycles. The second-order valence-corrected chi connectivity index (χ2v) is 5.46. The molecule has 0 N–H and O–H groups in total. The fourth-order valence-electron chi connectivity index (χ4n) is 2.08. The van der Waals surface area contributed by atoms with Crippen LogP contribution in [0.25, 0.3) is 0 Å². The summed E-state index contributed by atoms with van der Waals surface area (Å²) in [5, 5.41) is 0. The van der Waals surface area contributed by atoms with Crippen LogP contribution < -0.4 is 0 Å². The molecule has 0 atom stereocenters. The quantitative estimate of drug-likeness (QED) is 0.667. The van der Waals surface area contributed by atoms with Gasteiger partial charge in [-0.25, -0.2) is 0 Å². The molecular formula is C12H26N2. The number of rotatable bonds is 5. The van der Waals surface area contributed by atoms with Crippen molar-refractivity contribution in [3.05, 3.63) is 0 Å². The highest BCUT2D eigenvalue weighted by molar-refractivity contribution is 4.93. The largest absolute Gasteiger partial charge is 0.307 e. The monoisotopic (exact) mass is 198 g/mol. The standard InChI is InChI=1S/C12H26N2/c1-6-13(5)8-7-12(4)9-14(10-12)11(2)3/h11H,6-10H2,1-5H3. The van der Waals surface area contributed by atoms with Gasteiger partial charge in [-0.1, -0.05) is 13.8 Å². The highest BCUT2D eigenvalue weighted by Crippen LogP contribution is 2.34. The van der Waals surface area contributed by atoms with E-state index in [2.05, 4.69) is 44.5 Å². The number of hydrogen-bond acceptors (Lipinski definition) is 2. The molecule has 0 aromatic heterocycles. The maximum absolute atomic E-state index is 2.56. The minimum absolute atomic E-state index is 0.591. The molecule has 0 radical (unpaired) electrons. The van der Waals surface area contributed by atoms with Crippen molar-refractivity contribution in [2.24, 2.45) is 5.41 Å². The predicted molar refractivity (Wildman–Crippen MR) is 62.6 cm³/mol. The van der Waals surface area contributed by atoms with Crippen molar-refractivity contribution >= 4 is 0 Å². The van der Waals surface area contributed by atoms with Gasteiger partial charge in [0.15, 0.2) is 0 Å². The second kappa shape index (κ2) is 4.63. The molecule has 1 rings (SSSR count). The summed E-state index contributed by atoms with van der Waals surface area (Å²) in [5.41, 5.74) is 0.591. The summed E-state index contributed by atoms with van der Waals surface area (Å²) in [6.07, 6.45) is 1.35. The van der Waals surface area contributed by atoms with Gasteiger partial charge in [-0.3, -0.25) is 4.90 Å². The minimum atomic E-state index is 0.591. The first-order chi connectivity index (χ1) is 6.47. The van der Waals surface area contributed by atoms with Gasteiger partial charge in [0.05, 0.1) is 0 Å². The molecule has 0 saturated carbocycles. The molecule has 0 spiro atoms. The van der Waals surface area contributed by atoms with Crippen LogP contribution in [0.15, 0.2) is 0 Å². The molecule has 0 aliphatic carbocycles. The van der Waals surface area contributed by atoms with Gasteiger partial charge in [0.1, 0.15) is 0 Å². The van der Waals surface area contributed by atoms with Crippen molar-refractivity contribution in [2.75, 3.05) is 33.2 Å². The molecule has 0 unspecified atom stereocenters. The molecule has 1 saturated heterocycles. The van der Waals surface area contributed by atoms with Crippen molar-refractivity contribution in [3.8, 4) is 0 Å². The van der Waals surface area contributed by atoms with E-state index in [1.54, 1.807) is 0 Å². The van der Waals surface area contributed by atoms with Crippen LogP contribution >= 0.6 is 0 Å². The molecule has 2 heteroatoms. The summed E-state index contributed by atoms with van der Waals surface area (Å²) in [5.74, 6) is 0. The van der Waals surface area contributed by atoms with Gasteiger partial charge in [0.2, 0.25) is 0 Å². The number of likely N-dealkylation sites (tertiary alicyclic amines) is 1. The summed E-state index contributed by atoms with van der Waals surface area (Å²) in [7, 11) is 2.21. The number of nitrogens with zero attached hydrogens (tertiary/aromatic N) is 2. The van der Waals surface area contributed by atoms with Gasteiger partial charge in [0.25, 0.3) is 0 Å². The van der Waals surface area contributed by atoms with Crippen LogP contribution in [0, 0.1) is 5.41 Å². The Kier molecular flexibility index (Phi) is 3.96. The molecule has 1 aliphatic rings. The molecule has 0 aromatic rings. The zero-order chi connectivity index (χ0) is 10.8. The lowest BCUT2D eigenvalue weighted by Crippen LogP contribution is -2.57. The van der Waals surface area contributed by atoms with Gasteiger partial charge in [-0.2, -0.15) is 0 Å². The van der Waals surface area contributed by atoms with Crippen LogP contribution in [-0.4, -0.2) is 49.1 Å². The highest BCUT2D eigenvalue weighted by atomic mass is 15.2. The fraction of sp³-hybridized carbons (Fsp3) is 1.00. The Hall–Kier alpha value is -0.0800. The Balaban J connectivity index is 2.20. The van der Waals surface area contributed by atoms with E-state index in [0.29, 0.717) is 5.41 Å². The van der Waals surface area contributed by atoms with E-state index in [-0.39, 0.29) is 0 Å². The maximum atomic E-state index is 2.56. The van der Waals surface area contributed by atoms with Crippen LogP contribution in [0.2, 0.25) is 0 Å². The number of hydrogen-bond donors (Lipinski definition) is 0.